The van der Waals surface area contributed by atoms with Gasteiger partial charge in [0.15, 0.2) is 0 Å². The second kappa shape index (κ2) is 5.48. The molecule has 3 heteroatoms. The van der Waals surface area contributed by atoms with E-state index in [0.29, 0.717) is 12.1 Å². The zero-order valence-corrected chi connectivity index (χ0v) is 11.9. The lowest BCUT2D eigenvalue weighted by Crippen LogP contribution is -2.54. The summed E-state index contributed by atoms with van der Waals surface area (Å²) < 4.78 is 5.78. The number of piperidine rings is 1. The SMILES string of the molecule is CCCNC1CC2CCC(C1)N2C1CCOC1C. The van der Waals surface area contributed by atoms with Gasteiger partial charge in [0.2, 0.25) is 0 Å². The van der Waals surface area contributed by atoms with E-state index in [9.17, 15) is 0 Å². The molecule has 4 unspecified atom stereocenters. The van der Waals surface area contributed by atoms with Crippen molar-refractivity contribution in [3.8, 4) is 0 Å². The minimum atomic E-state index is 0.452. The number of fused-ring (bicyclic) bond motifs is 2. The Labute approximate surface area is 111 Å². The molecule has 104 valence electrons. The van der Waals surface area contributed by atoms with Crippen LogP contribution in [0, 0.1) is 0 Å². The van der Waals surface area contributed by atoms with Crippen LogP contribution in [0.25, 0.3) is 0 Å². The Bertz CT molecular complexity index is 270. The summed E-state index contributed by atoms with van der Waals surface area (Å²) in [4.78, 5) is 2.84. The first-order chi connectivity index (χ1) is 8.79. The molecule has 3 heterocycles. The molecule has 0 spiro atoms. The van der Waals surface area contributed by atoms with Gasteiger partial charge in [-0.2, -0.15) is 0 Å². The number of hydrogen-bond acceptors (Lipinski definition) is 3. The predicted molar refractivity (Wildman–Crippen MR) is 73.8 cm³/mol. The fourth-order valence-electron chi connectivity index (χ4n) is 4.38. The molecule has 3 nitrogen and oxygen atoms in total. The standard InChI is InChI=1S/C15H28N2O/c1-3-7-16-12-9-13-4-5-14(10-12)17(13)15-6-8-18-11(15)2/h11-16H,3-10H2,1-2H3. The monoisotopic (exact) mass is 252 g/mol. The molecule has 3 saturated heterocycles. The van der Waals surface area contributed by atoms with Crippen molar-refractivity contribution in [3.05, 3.63) is 0 Å². The molecule has 2 bridgehead atoms. The Kier molecular flexibility index (Phi) is 3.92. The van der Waals surface area contributed by atoms with Crippen molar-refractivity contribution in [3.63, 3.8) is 0 Å². The van der Waals surface area contributed by atoms with Gasteiger partial charge in [-0.3, -0.25) is 4.90 Å². The minimum absolute atomic E-state index is 0.452. The van der Waals surface area contributed by atoms with Crippen molar-refractivity contribution in [2.75, 3.05) is 13.2 Å². The molecule has 0 aliphatic carbocycles. The van der Waals surface area contributed by atoms with Gasteiger partial charge in [-0.15, -0.1) is 0 Å². The predicted octanol–water partition coefficient (Wildman–Crippen LogP) is 2.16. The summed E-state index contributed by atoms with van der Waals surface area (Å²) in [5.74, 6) is 0. The third-order valence-corrected chi connectivity index (χ3v) is 5.19. The molecule has 0 aromatic heterocycles. The topological polar surface area (TPSA) is 24.5 Å². The summed E-state index contributed by atoms with van der Waals surface area (Å²) in [6.45, 7) is 6.68. The van der Waals surface area contributed by atoms with Crippen LogP contribution < -0.4 is 5.32 Å². The lowest BCUT2D eigenvalue weighted by atomic mass is 9.93. The highest BCUT2D eigenvalue weighted by Gasteiger charge is 2.46. The first kappa shape index (κ1) is 12.9. The fraction of sp³-hybridized carbons (Fsp3) is 1.00. The Morgan fingerprint density at radius 1 is 1.17 bits per heavy atom. The first-order valence-electron chi connectivity index (χ1n) is 7.92. The van der Waals surface area contributed by atoms with E-state index in [1.807, 2.05) is 0 Å². The zero-order valence-electron chi connectivity index (χ0n) is 11.9. The van der Waals surface area contributed by atoms with E-state index in [0.717, 1.165) is 24.7 Å². The molecule has 18 heavy (non-hydrogen) atoms. The first-order valence-corrected chi connectivity index (χ1v) is 7.92. The largest absolute Gasteiger partial charge is 0.377 e. The van der Waals surface area contributed by atoms with E-state index in [-0.39, 0.29) is 0 Å². The number of rotatable bonds is 4. The number of hydrogen-bond donors (Lipinski definition) is 1. The molecule has 3 rings (SSSR count). The Hall–Kier alpha value is -0.120. The fourth-order valence-corrected chi connectivity index (χ4v) is 4.38. The maximum Gasteiger partial charge on any atom is 0.0703 e. The average molecular weight is 252 g/mol. The summed E-state index contributed by atoms with van der Waals surface area (Å²) in [5.41, 5.74) is 0. The van der Waals surface area contributed by atoms with Crippen molar-refractivity contribution in [1.82, 2.24) is 10.2 Å². The molecular formula is C15H28N2O. The third kappa shape index (κ3) is 2.33. The maximum atomic E-state index is 5.78. The second-order valence-corrected chi connectivity index (χ2v) is 6.39. The van der Waals surface area contributed by atoms with Crippen molar-refractivity contribution >= 4 is 0 Å². The summed E-state index contributed by atoms with van der Waals surface area (Å²) in [6.07, 6.45) is 8.51. The van der Waals surface area contributed by atoms with Gasteiger partial charge in [0.25, 0.3) is 0 Å². The second-order valence-electron chi connectivity index (χ2n) is 6.39. The van der Waals surface area contributed by atoms with E-state index in [1.165, 1.54) is 45.1 Å². The number of nitrogens with one attached hydrogen (secondary N) is 1. The lowest BCUT2D eigenvalue weighted by molar-refractivity contribution is 0.0243. The van der Waals surface area contributed by atoms with Crippen molar-refractivity contribution in [2.24, 2.45) is 0 Å². The highest BCUT2D eigenvalue weighted by atomic mass is 16.5. The van der Waals surface area contributed by atoms with E-state index >= 15 is 0 Å². The molecule has 1 N–H and O–H groups in total. The molecule has 0 radical (unpaired) electrons. The van der Waals surface area contributed by atoms with Crippen LogP contribution in [0.2, 0.25) is 0 Å². The van der Waals surface area contributed by atoms with E-state index in [1.54, 1.807) is 0 Å². The van der Waals surface area contributed by atoms with E-state index < -0.39 is 0 Å². The summed E-state index contributed by atoms with van der Waals surface area (Å²) in [6, 6.07) is 3.13. The van der Waals surface area contributed by atoms with Gasteiger partial charge in [-0.1, -0.05) is 6.92 Å². The van der Waals surface area contributed by atoms with E-state index in [2.05, 4.69) is 24.1 Å². The van der Waals surface area contributed by atoms with Crippen LogP contribution in [0.5, 0.6) is 0 Å². The third-order valence-electron chi connectivity index (χ3n) is 5.19. The highest BCUT2D eigenvalue weighted by Crippen LogP contribution is 2.40. The molecule has 3 aliphatic heterocycles. The van der Waals surface area contributed by atoms with Crippen molar-refractivity contribution in [1.29, 1.82) is 0 Å². The van der Waals surface area contributed by atoms with Crippen LogP contribution >= 0.6 is 0 Å². The quantitative estimate of drug-likeness (QED) is 0.830. The number of nitrogens with zero attached hydrogens (tertiary/aromatic N) is 1. The molecule has 0 aromatic carbocycles. The summed E-state index contributed by atoms with van der Waals surface area (Å²) in [5, 5.41) is 3.74. The molecule has 3 aliphatic rings. The molecule has 3 fully saturated rings. The maximum absolute atomic E-state index is 5.78. The van der Waals surface area contributed by atoms with Crippen LogP contribution in [0.1, 0.15) is 52.4 Å². The lowest BCUT2D eigenvalue weighted by Gasteiger charge is -2.43. The van der Waals surface area contributed by atoms with E-state index in [4.69, 9.17) is 4.74 Å². The van der Waals surface area contributed by atoms with Crippen LogP contribution in [-0.4, -0.2) is 48.3 Å². The number of ether oxygens (including phenoxy) is 1. The van der Waals surface area contributed by atoms with Crippen LogP contribution in [0.4, 0.5) is 0 Å². The van der Waals surface area contributed by atoms with Crippen LogP contribution in [0.3, 0.4) is 0 Å². The Morgan fingerprint density at radius 2 is 1.89 bits per heavy atom. The zero-order chi connectivity index (χ0) is 12.5. The normalized spacial score (nSPS) is 44.7. The smallest absolute Gasteiger partial charge is 0.0703 e. The van der Waals surface area contributed by atoms with Crippen molar-refractivity contribution in [2.45, 2.75) is 82.6 Å². The minimum Gasteiger partial charge on any atom is -0.377 e. The van der Waals surface area contributed by atoms with Gasteiger partial charge in [0.1, 0.15) is 0 Å². The summed E-state index contributed by atoms with van der Waals surface area (Å²) in [7, 11) is 0. The average Bonchev–Trinajstić information content (AvgIpc) is 2.88. The Morgan fingerprint density at radius 3 is 2.44 bits per heavy atom. The molecule has 0 saturated carbocycles. The summed E-state index contributed by atoms with van der Waals surface area (Å²) >= 11 is 0. The van der Waals surface area contributed by atoms with Gasteiger partial charge in [-0.05, 0) is 52.0 Å². The van der Waals surface area contributed by atoms with Gasteiger partial charge in [-0.25, -0.2) is 0 Å². The van der Waals surface area contributed by atoms with Gasteiger partial charge >= 0.3 is 0 Å². The van der Waals surface area contributed by atoms with Crippen LogP contribution in [-0.2, 0) is 4.74 Å². The highest BCUT2D eigenvalue weighted by molar-refractivity contribution is 5.02. The molecular weight excluding hydrogens is 224 g/mol. The van der Waals surface area contributed by atoms with Crippen LogP contribution in [0.15, 0.2) is 0 Å². The van der Waals surface area contributed by atoms with Gasteiger partial charge in [0, 0.05) is 30.8 Å². The molecule has 0 aromatic rings. The van der Waals surface area contributed by atoms with Gasteiger partial charge in [0.05, 0.1) is 6.10 Å². The molecule has 0 amide bonds. The van der Waals surface area contributed by atoms with Crippen molar-refractivity contribution < 1.29 is 4.74 Å². The Balaban J connectivity index is 1.62. The van der Waals surface area contributed by atoms with Gasteiger partial charge < -0.3 is 10.1 Å². The molecule has 4 atom stereocenters.